The van der Waals surface area contributed by atoms with Crippen molar-refractivity contribution in [1.82, 2.24) is 4.57 Å². The number of nitrogens with zero attached hydrogens (tertiary/aromatic N) is 1. The molecule has 2 aromatic rings. The van der Waals surface area contributed by atoms with Crippen molar-refractivity contribution in [2.75, 3.05) is 12.3 Å². The first kappa shape index (κ1) is 11.4. The maximum Gasteiger partial charge on any atom is 0.0458 e. The zero-order chi connectivity index (χ0) is 11.4. The van der Waals surface area contributed by atoms with E-state index in [0.717, 1.165) is 0 Å². The van der Waals surface area contributed by atoms with Crippen molar-refractivity contribution in [2.45, 2.75) is 13.8 Å². The van der Waals surface area contributed by atoms with E-state index in [1.165, 1.54) is 23.4 Å². The van der Waals surface area contributed by atoms with Crippen LogP contribution in [0.25, 0.3) is 5.69 Å². The summed E-state index contributed by atoms with van der Waals surface area (Å²) in [6.45, 7) is 4.58. The van der Waals surface area contributed by atoms with Gasteiger partial charge in [0.05, 0.1) is 0 Å². The summed E-state index contributed by atoms with van der Waals surface area (Å²) in [5.74, 6) is 0. The number of hydrogen-bond acceptors (Lipinski definition) is 0. The summed E-state index contributed by atoms with van der Waals surface area (Å²) >= 11 is 0. The first-order chi connectivity index (χ1) is 7.86. The average molecular weight is 231 g/mol. The minimum atomic E-state index is 0.00425. The van der Waals surface area contributed by atoms with Gasteiger partial charge in [-0.3, -0.25) is 0 Å². The minimum absolute atomic E-state index is 0.00425. The molecule has 84 valence electrons. The first-order valence-electron chi connectivity index (χ1n) is 5.84. The van der Waals surface area contributed by atoms with Crippen LogP contribution in [0.4, 0.5) is 0 Å². The van der Waals surface area contributed by atoms with E-state index in [2.05, 4.69) is 67.1 Å². The first-order valence-corrected chi connectivity index (χ1v) is 7.55. The molecule has 1 heterocycles. The summed E-state index contributed by atoms with van der Waals surface area (Å²) in [6.07, 6.45) is 4.71. The second kappa shape index (κ2) is 5.32. The number of hydrogen-bond donors (Lipinski definition) is 0. The molecule has 0 saturated heterocycles. The maximum atomic E-state index is 2.33. The third kappa shape index (κ3) is 2.20. The highest BCUT2D eigenvalue weighted by Gasteiger charge is 2.11. The molecule has 0 bridgehead atoms. The molecule has 0 unspecified atom stereocenters. The van der Waals surface area contributed by atoms with Crippen LogP contribution in [0.1, 0.15) is 13.8 Å². The van der Waals surface area contributed by atoms with Crippen molar-refractivity contribution in [2.24, 2.45) is 0 Å². The molecule has 1 aromatic carbocycles. The zero-order valence-corrected chi connectivity index (χ0v) is 10.8. The molecule has 0 aliphatic heterocycles. The normalized spacial score (nSPS) is 10.9. The van der Waals surface area contributed by atoms with Crippen LogP contribution in [0, 0.1) is 0 Å². The van der Waals surface area contributed by atoms with Crippen molar-refractivity contribution in [3.63, 3.8) is 0 Å². The van der Waals surface area contributed by atoms with Crippen LogP contribution in [0.2, 0.25) is 0 Å². The lowest BCUT2D eigenvalue weighted by Crippen LogP contribution is -2.14. The van der Waals surface area contributed by atoms with Gasteiger partial charge in [0.2, 0.25) is 0 Å². The van der Waals surface area contributed by atoms with E-state index in [4.69, 9.17) is 0 Å². The second-order valence-corrected chi connectivity index (χ2v) is 6.55. The number of rotatable bonds is 4. The van der Waals surface area contributed by atoms with Gasteiger partial charge < -0.3 is 4.57 Å². The number of benzene rings is 1. The van der Waals surface area contributed by atoms with Gasteiger partial charge in [-0.25, -0.2) is 0 Å². The van der Waals surface area contributed by atoms with Crippen LogP contribution >= 0.6 is 7.92 Å². The molecule has 0 fully saturated rings. The van der Waals surface area contributed by atoms with Crippen molar-refractivity contribution >= 4 is 13.4 Å². The molecule has 0 aliphatic carbocycles. The summed E-state index contributed by atoms with van der Waals surface area (Å²) in [6, 6.07) is 15.0. The van der Waals surface area contributed by atoms with Gasteiger partial charge in [0, 0.05) is 17.3 Å². The van der Waals surface area contributed by atoms with Gasteiger partial charge in [-0.05, 0) is 36.6 Å². The monoisotopic (exact) mass is 231 g/mol. The van der Waals surface area contributed by atoms with Crippen LogP contribution in [0.15, 0.2) is 48.7 Å². The fourth-order valence-corrected chi connectivity index (χ4v) is 3.86. The van der Waals surface area contributed by atoms with E-state index >= 15 is 0 Å². The van der Waals surface area contributed by atoms with Gasteiger partial charge in [-0.1, -0.05) is 40.0 Å². The summed E-state index contributed by atoms with van der Waals surface area (Å²) < 4.78 is 2.33. The highest BCUT2D eigenvalue weighted by Crippen LogP contribution is 2.33. The quantitative estimate of drug-likeness (QED) is 0.708. The Morgan fingerprint density at radius 1 is 0.938 bits per heavy atom. The molecule has 16 heavy (non-hydrogen) atoms. The Labute approximate surface area is 98.9 Å². The Morgan fingerprint density at radius 3 is 2.25 bits per heavy atom. The molecule has 1 nitrogen and oxygen atoms in total. The maximum absolute atomic E-state index is 2.33. The van der Waals surface area contributed by atoms with E-state index in [-0.39, 0.29) is 7.92 Å². The van der Waals surface area contributed by atoms with Gasteiger partial charge >= 0.3 is 0 Å². The summed E-state index contributed by atoms with van der Waals surface area (Å²) in [7, 11) is 0.00425. The molecule has 2 heteroatoms. The Hall–Kier alpha value is -1.07. The van der Waals surface area contributed by atoms with Crippen molar-refractivity contribution in [3.8, 4) is 5.69 Å². The Balaban J connectivity index is 2.40. The zero-order valence-electron chi connectivity index (χ0n) is 9.93. The summed E-state index contributed by atoms with van der Waals surface area (Å²) in [5, 5.41) is 0. The summed E-state index contributed by atoms with van der Waals surface area (Å²) in [5.41, 5.74) is 2.77. The highest BCUT2D eigenvalue weighted by atomic mass is 31.1. The third-order valence-electron chi connectivity index (χ3n) is 2.85. The lowest BCUT2D eigenvalue weighted by atomic mass is 10.3. The van der Waals surface area contributed by atoms with Crippen molar-refractivity contribution in [1.29, 1.82) is 0 Å². The molecule has 0 atom stereocenters. The SMILES string of the molecule is CCP(CC)c1cccn1-c1ccccc1. The number of para-hydroxylation sites is 1. The van der Waals surface area contributed by atoms with Gasteiger partial charge in [0.1, 0.15) is 0 Å². The van der Waals surface area contributed by atoms with Crippen molar-refractivity contribution < 1.29 is 0 Å². The second-order valence-electron chi connectivity index (χ2n) is 3.74. The highest BCUT2D eigenvalue weighted by molar-refractivity contribution is 7.65. The molecule has 0 N–H and O–H groups in total. The molecule has 0 aliphatic rings. The largest absolute Gasteiger partial charge is 0.317 e. The van der Waals surface area contributed by atoms with Crippen molar-refractivity contribution in [3.05, 3.63) is 48.7 Å². The van der Waals surface area contributed by atoms with Crippen LogP contribution in [-0.2, 0) is 0 Å². The fourth-order valence-electron chi connectivity index (χ4n) is 1.98. The third-order valence-corrected chi connectivity index (χ3v) is 5.39. The Bertz CT molecular complexity index is 429. The topological polar surface area (TPSA) is 4.93 Å². The fraction of sp³-hybridized carbons (Fsp3) is 0.286. The number of aromatic nitrogens is 1. The van der Waals surface area contributed by atoms with Crippen LogP contribution < -0.4 is 5.44 Å². The molecule has 0 amide bonds. The smallest absolute Gasteiger partial charge is 0.0458 e. The molecule has 0 saturated carbocycles. The van der Waals surface area contributed by atoms with Gasteiger partial charge in [-0.15, -0.1) is 0 Å². The molecule has 2 rings (SSSR count). The predicted molar refractivity (Wildman–Crippen MR) is 73.4 cm³/mol. The van der Waals surface area contributed by atoms with Gasteiger partial charge in [0.25, 0.3) is 0 Å². The van der Waals surface area contributed by atoms with Gasteiger partial charge in [0.15, 0.2) is 0 Å². The lowest BCUT2D eigenvalue weighted by molar-refractivity contribution is 1.11. The van der Waals surface area contributed by atoms with Crippen LogP contribution in [0.5, 0.6) is 0 Å². The molecule has 1 aromatic heterocycles. The van der Waals surface area contributed by atoms with Crippen LogP contribution in [0.3, 0.4) is 0 Å². The van der Waals surface area contributed by atoms with E-state index < -0.39 is 0 Å². The van der Waals surface area contributed by atoms with E-state index in [9.17, 15) is 0 Å². The van der Waals surface area contributed by atoms with Gasteiger partial charge in [-0.2, -0.15) is 0 Å². The molecular weight excluding hydrogens is 213 g/mol. The van der Waals surface area contributed by atoms with E-state index in [0.29, 0.717) is 0 Å². The van der Waals surface area contributed by atoms with Crippen LogP contribution in [-0.4, -0.2) is 16.9 Å². The van der Waals surface area contributed by atoms with E-state index in [1.54, 1.807) is 0 Å². The summed E-state index contributed by atoms with van der Waals surface area (Å²) in [4.78, 5) is 0. The molecule has 0 radical (unpaired) electrons. The lowest BCUT2D eigenvalue weighted by Gasteiger charge is -2.17. The average Bonchev–Trinajstić information content (AvgIpc) is 2.81. The Kier molecular flexibility index (Phi) is 3.79. The van der Waals surface area contributed by atoms with E-state index in [1.807, 2.05) is 0 Å². The molecular formula is C14H18NP. The standard InChI is InChI=1S/C14H18NP/c1-3-16(4-2)14-11-8-12-15(14)13-9-6-5-7-10-13/h5-12H,3-4H2,1-2H3. The Morgan fingerprint density at radius 2 is 1.62 bits per heavy atom. The molecule has 0 spiro atoms. The minimum Gasteiger partial charge on any atom is -0.317 e. The predicted octanol–water partition coefficient (Wildman–Crippen LogP) is 3.62.